The molecule has 6 heterocycles. The van der Waals surface area contributed by atoms with E-state index in [4.69, 9.17) is 19.2 Å². The molecule has 0 radical (unpaired) electrons. The number of esters is 1. The van der Waals surface area contributed by atoms with Crippen molar-refractivity contribution in [1.29, 1.82) is 0 Å². The number of nitrogens with two attached hydrogens (primary N) is 1. The summed E-state index contributed by atoms with van der Waals surface area (Å²) in [5.74, 6) is 0.155. The highest BCUT2D eigenvalue weighted by Crippen LogP contribution is 2.41. The van der Waals surface area contributed by atoms with Crippen LogP contribution in [0.1, 0.15) is 35.6 Å². The van der Waals surface area contributed by atoms with Crippen LogP contribution in [-0.4, -0.2) is 65.0 Å². The van der Waals surface area contributed by atoms with Gasteiger partial charge in [-0.2, -0.15) is 0 Å². The van der Waals surface area contributed by atoms with Crippen molar-refractivity contribution in [3.05, 3.63) is 50.8 Å². The van der Waals surface area contributed by atoms with E-state index in [1.54, 1.807) is 17.6 Å². The lowest BCUT2D eigenvalue weighted by Gasteiger charge is -2.31. The Bertz CT molecular complexity index is 1530. The van der Waals surface area contributed by atoms with E-state index in [1.807, 2.05) is 0 Å². The number of pyridine rings is 2. The van der Waals surface area contributed by atoms with Crippen molar-refractivity contribution in [3.8, 4) is 17.1 Å². The maximum absolute atomic E-state index is 13.5. The van der Waals surface area contributed by atoms with Crippen molar-refractivity contribution >= 4 is 22.6 Å². The second-order valence-corrected chi connectivity index (χ2v) is 10.2. The smallest absolute Gasteiger partial charge is 0.343 e. The van der Waals surface area contributed by atoms with Gasteiger partial charge < -0.3 is 41.6 Å². The molecule has 38 heavy (non-hydrogen) atoms. The molecule has 200 valence electrons. The maximum Gasteiger partial charge on any atom is 0.343 e. The first-order valence-corrected chi connectivity index (χ1v) is 12.9. The molecule has 10 nitrogen and oxygen atoms in total. The van der Waals surface area contributed by atoms with Crippen LogP contribution >= 0.6 is 0 Å². The van der Waals surface area contributed by atoms with E-state index >= 15 is 0 Å². The molecule has 11 heteroatoms. The Hall–Kier alpha value is -3.02. The number of cyclic esters (lactones) is 1. The number of fused-ring (bicyclic) bond motifs is 7. The van der Waals surface area contributed by atoms with E-state index in [0.29, 0.717) is 48.9 Å². The molecule has 4 aliphatic rings. The van der Waals surface area contributed by atoms with Gasteiger partial charge in [-0.25, -0.2) is 9.78 Å². The minimum atomic E-state index is -1.84. The topological polar surface area (TPSA) is 120 Å². The fourth-order valence-electron chi connectivity index (χ4n) is 6.03. The lowest BCUT2D eigenvalue weighted by molar-refractivity contribution is -0.577. The summed E-state index contributed by atoms with van der Waals surface area (Å²) in [5, 5.41) is 14.4. The monoisotopic (exact) mass is 540 g/mol. The van der Waals surface area contributed by atoms with Gasteiger partial charge in [-0.3, -0.25) is 9.69 Å². The summed E-state index contributed by atoms with van der Waals surface area (Å²) in [6, 6.07) is 5.99. The Kier molecular flexibility index (Phi) is 6.20. The number of halogens is 1. The van der Waals surface area contributed by atoms with Crippen LogP contribution < -0.4 is 28.0 Å². The third kappa shape index (κ3) is 3.66. The molecule has 2 aromatic heterocycles. The Morgan fingerprint density at radius 3 is 2.74 bits per heavy atom. The second-order valence-electron chi connectivity index (χ2n) is 10.2. The number of hydrogen-bond acceptors (Lipinski definition) is 8. The first-order valence-electron chi connectivity index (χ1n) is 12.9. The molecule has 0 saturated carbocycles. The Morgan fingerprint density at radius 1 is 1.13 bits per heavy atom. The number of aliphatic hydroxyl groups is 1. The predicted octanol–water partition coefficient (Wildman–Crippen LogP) is -2.50. The Labute approximate surface area is 224 Å². The molecule has 1 fully saturated rings. The summed E-state index contributed by atoms with van der Waals surface area (Å²) in [5.41, 5.74) is 3.84. The highest BCUT2D eigenvalue weighted by molar-refractivity contribution is 5.96. The molecule has 0 unspecified atom stereocenters. The van der Waals surface area contributed by atoms with Crippen molar-refractivity contribution in [2.24, 2.45) is 0 Å². The van der Waals surface area contributed by atoms with Gasteiger partial charge in [-0.15, -0.1) is 0 Å². The van der Waals surface area contributed by atoms with Crippen molar-refractivity contribution in [2.45, 2.75) is 38.6 Å². The van der Waals surface area contributed by atoms with Gasteiger partial charge in [0.2, 0.25) is 0 Å². The van der Waals surface area contributed by atoms with Gasteiger partial charge in [-0.05, 0) is 30.2 Å². The summed E-state index contributed by atoms with van der Waals surface area (Å²) in [6.45, 7) is 7.28. The van der Waals surface area contributed by atoms with Gasteiger partial charge >= 0.3 is 5.97 Å². The molecular formula is C27H29ClN4O6. The summed E-state index contributed by atoms with van der Waals surface area (Å²) in [6.07, 6.45) is 0.116. The van der Waals surface area contributed by atoms with Crippen LogP contribution in [0.2, 0.25) is 0 Å². The molecule has 0 amide bonds. The van der Waals surface area contributed by atoms with Gasteiger partial charge in [0, 0.05) is 30.8 Å². The minimum Gasteiger partial charge on any atom is -1.00 e. The Morgan fingerprint density at radius 2 is 1.95 bits per heavy atom. The highest BCUT2D eigenvalue weighted by Gasteiger charge is 2.45. The predicted molar refractivity (Wildman–Crippen MR) is 133 cm³/mol. The number of rotatable bonds is 3. The summed E-state index contributed by atoms with van der Waals surface area (Å²) in [7, 11) is 0. The summed E-state index contributed by atoms with van der Waals surface area (Å²) >= 11 is 0. The van der Waals surface area contributed by atoms with Crippen LogP contribution in [0.5, 0.6) is 5.75 Å². The third-order valence-electron chi connectivity index (χ3n) is 8.10. The van der Waals surface area contributed by atoms with E-state index in [0.717, 1.165) is 59.6 Å². The lowest BCUT2D eigenvalue weighted by Crippen LogP contribution is -3.00. The molecule has 1 saturated heterocycles. The molecule has 4 aliphatic heterocycles. The average molecular weight is 541 g/mol. The molecule has 3 aromatic rings. The van der Waals surface area contributed by atoms with Crippen molar-refractivity contribution in [1.82, 2.24) is 14.5 Å². The number of carbonyl (C=O) groups is 1. The van der Waals surface area contributed by atoms with E-state index in [2.05, 4.69) is 22.3 Å². The summed E-state index contributed by atoms with van der Waals surface area (Å²) < 4.78 is 18.4. The normalized spacial score (nSPS) is 22.0. The van der Waals surface area contributed by atoms with Gasteiger partial charge in [0.15, 0.2) is 17.0 Å². The van der Waals surface area contributed by atoms with Crippen LogP contribution in [0.4, 0.5) is 5.69 Å². The molecule has 1 aromatic carbocycles. The molecule has 1 atom stereocenters. The number of aromatic nitrogens is 2. The van der Waals surface area contributed by atoms with Crippen LogP contribution in [0.25, 0.3) is 22.3 Å². The zero-order chi connectivity index (χ0) is 25.3. The standard InChI is InChI=1S/C27H28N4O6.ClH/c1-2-27(34)19-11-20-23-15(13-31(20)25(32)18(19)14-37-26(27)33)9-17-22(29-23)16(12-30-4-7-35-8-5-30)10-21-24(17)28-3-6-36-21;/h9-11,28,34H,2-8,12-14H2,1H3;1H/t27-;/m0./s1. The van der Waals surface area contributed by atoms with Crippen LogP contribution in [0.15, 0.2) is 23.0 Å². The second kappa shape index (κ2) is 9.32. The van der Waals surface area contributed by atoms with Crippen molar-refractivity contribution in [3.63, 3.8) is 0 Å². The fourth-order valence-corrected chi connectivity index (χ4v) is 6.03. The van der Waals surface area contributed by atoms with E-state index < -0.39 is 11.6 Å². The maximum atomic E-state index is 13.5. The van der Waals surface area contributed by atoms with Gasteiger partial charge in [0.25, 0.3) is 5.56 Å². The number of carbonyl (C=O) groups excluding carboxylic acids is 1. The molecule has 3 N–H and O–H groups in total. The van der Waals surface area contributed by atoms with Crippen LogP contribution in [-0.2, 0) is 39.6 Å². The zero-order valence-electron chi connectivity index (χ0n) is 21.1. The lowest BCUT2D eigenvalue weighted by atomic mass is 9.86. The third-order valence-corrected chi connectivity index (χ3v) is 8.10. The zero-order valence-corrected chi connectivity index (χ0v) is 21.8. The molecule has 0 bridgehead atoms. The van der Waals surface area contributed by atoms with Crippen LogP contribution in [0.3, 0.4) is 0 Å². The minimum absolute atomic E-state index is 0. The molecule has 0 aliphatic carbocycles. The molecule has 0 spiro atoms. The Balaban J connectivity index is 0.00000264. The number of nitrogens with zero attached hydrogens (tertiary/aromatic N) is 3. The number of benzene rings is 1. The van der Waals surface area contributed by atoms with E-state index in [1.165, 1.54) is 0 Å². The molecular weight excluding hydrogens is 512 g/mol. The largest absolute Gasteiger partial charge is 1.00 e. The van der Waals surface area contributed by atoms with Gasteiger partial charge in [0.1, 0.15) is 19.8 Å². The highest BCUT2D eigenvalue weighted by atomic mass is 35.5. The number of ether oxygens (including phenoxy) is 3. The fraction of sp³-hybridized carbons (Fsp3) is 0.444. The number of hydrogen-bond donors (Lipinski definition) is 2. The number of quaternary nitrogens is 1. The van der Waals surface area contributed by atoms with Crippen molar-refractivity contribution < 1.29 is 41.8 Å². The first-order chi connectivity index (χ1) is 18.0. The van der Waals surface area contributed by atoms with Crippen molar-refractivity contribution in [2.75, 3.05) is 39.5 Å². The van der Waals surface area contributed by atoms with E-state index in [9.17, 15) is 14.7 Å². The quantitative estimate of drug-likeness (QED) is 0.216. The SMILES string of the molecule is CC[C@@]1(O)C(=O)OCc2c1cc1n(c2=O)Cc2cc3c4c(cc(CN5CCOCC5)c3nc2-1)OCC[NH2+]4.[Cl-]. The number of morpholine rings is 1. The van der Waals surface area contributed by atoms with Gasteiger partial charge in [-0.1, -0.05) is 6.92 Å². The van der Waals surface area contributed by atoms with Crippen LogP contribution in [0, 0.1) is 0 Å². The van der Waals surface area contributed by atoms with Gasteiger partial charge in [0.05, 0.1) is 47.6 Å². The first kappa shape index (κ1) is 25.3. The summed E-state index contributed by atoms with van der Waals surface area (Å²) in [4.78, 5) is 33.5. The average Bonchev–Trinajstić information content (AvgIpc) is 3.29. The molecule has 7 rings (SSSR count). The van der Waals surface area contributed by atoms with E-state index in [-0.39, 0.29) is 31.0 Å².